The molecule has 13 heteroatoms. The fourth-order valence-corrected chi connectivity index (χ4v) is 8.36. The summed E-state index contributed by atoms with van der Waals surface area (Å²) < 4.78 is 18.9. The van der Waals surface area contributed by atoms with Crippen LogP contribution in [0.2, 0.25) is 0 Å². The summed E-state index contributed by atoms with van der Waals surface area (Å²) in [5.41, 5.74) is 3.68. The molecule has 4 aromatic rings. The van der Waals surface area contributed by atoms with Crippen LogP contribution < -0.4 is 24.4 Å². The molecule has 0 atom stereocenters. The Kier molecular flexibility index (Phi) is 9.99. The first-order chi connectivity index (χ1) is 24.9. The first-order valence-corrected chi connectivity index (χ1v) is 18.0. The van der Waals surface area contributed by atoms with Gasteiger partial charge in [0.1, 0.15) is 17.9 Å². The van der Waals surface area contributed by atoms with Crippen molar-refractivity contribution in [3.8, 4) is 17.2 Å². The highest BCUT2D eigenvalue weighted by Gasteiger charge is 2.48. The maximum absolute atomic E-state index is 14.0. The van der Waals surface area contributed by atoms with E-state index in [1.165, 1.54) is 5.56 Å². The Hall–Kier alpha value is -4.91. The molecule has 1 spiro atoms. The van der Waals surface area contributed by atoms with Gasteiger partial charge in [0.15, 0.2) is 17.1 Å². The Bertz CT molecular complexity index is 1880. The molecule has 3 aliphatic rings. The van der Waals surface area contributed by atoms with E-state index in [-0.39, 0.29) is 24.3 Å². The molecule has 2 aliphatic heterocycles. The fourth-order valence-electron chi connectivity index (χ4n) is 8.36. The number of likely N-dealkylation sites (N-methyl/N-ethyl adjacent to an activating group) is 1. The number of ether oxygens (including phenoxy) is 3. The van der Waals surface area contributed by atoms with Gasteiger partial charge in [0.05, 0.1) is 51.0 Å². The molecule has 51 heavy (non-hydrogen) atoms. The molecule has 13 nitrogen and oxygen atoms in total. The van der Waals surface area contributed by atoms with Crippen LogP contribution >= 0.6 is 0 Å². The number of nitrogens with zero attached hydrogens (tertiary/aromatic N) is 7. The molecule has 0 bridgehead atoms. The van der Waals surface area contributed by atoms with Crippen LogP contribution in [0.4, 0.5) is 5.82 Å². The van der Waals surface area contributed by atoms with Crippen molar-refractivity contribution in [2.75, 3.05) is 72.0 Å². The van der Waals surface area contributed by atoms with Crippen LogP contribution in [-0.2, 0) is 28.1 Å². The van der Waals surface area contributed by atoms with E-state index >= 15 is 0 Å². The number of rotatable bonds is 10. The number of hydrogen-bond acceptors (Lipinski definition) is 10. The van der Waals surface area contributed by atoms with E-state index in [4.69, 9.17) is 14.2 Å². The monoisotopic (exact) mass is 696 g/mol. The highest BCUT2D eigenvalue weighted by molar-refractivity contribution is 5.87. The SMILES string of the molecule is CCOc1cccc(Cn2ncc3c(N4CCN(C(=O)C5CCC6(CC5)c5cc(OC)c(OC)cc5CCN6C(=O)CNC)CC4)ncnc32)c1. The van der Waals surface area contributed by atoms with Crippen LogP contribution in [0.5, 0.6) is 17.2 Å². The second kappa shape index (κ2) is 14.7. The van der Waals surface area contributed by atoms with E-state index < -0.39 is 5.54 Å². The molecule has 4 heterocycles. The van der Waals surface area contributed by atoms with Gasteiger partial charge in [-0.25, -0.2) is 14.6 Å². The Morgan fingerprint density at radius 2 is 1.75 bits per heavy atom. The molecule has 2 aromatic carbocycles. The number of aromatic nitrogens is 4. The maximum Gasteiger partial charge on any atom is 0.237 e. The zero-order valence-corrected chi connectivity index (χ0v) is 30.1. The highest BCUT2D eigenvalue weighted by atomic mass is 16.5. The lowest BCUT2D eigenvalue weighted by Gasteiger charge is -2.52. The summed E-state index contributed by atoms with van der Waals surface area (Å²) in [5, 5.41) is 8.61. The summed E-state index contributed by atoms with van der Waals surface area (Å²) in [6.45, 7) is 6.68. The third kappa shape index (κ3) is 6.55. The second-order valence-corrected chi connectivity index (χ2v) is 13.6. The minimum Gasteiger partial charge on any atom is -0.494 e. The highest BCUT2D eigenvalue weighted by Crippen LogP contribution is 2.50. The lowest BCUT2D eigenvalue weighted by atomic mass is 9.68. The van der Waals surface area contributed by atoms with E-state index in [0.29, 0.717) is 57.4 Å². The van der Waals surface area contributed by atoms with Crippen molar-refractivity contribution in [1.82, 2.24) is 34.9 Å². The molecule has 7 rings (SSSR count). The third-order valence-electron chi connectivity index (χ3n) is 10.9. The number of anilines is 1. The van der Waals surface area contributed by atoms with Gasteiger partial charge in [-0.15, -0.1) is 0 Å². The third-order valence-corrected chi connectivity index (χ3v) is 10.9. The summed E-state index contributed by atoms with van der Waals surface area (Å²) in [6, 6.07) is 12.2. The van der Waals surface area contributed by atoms with Crippen molar-refractivity contribution in [3.05, 3.63) is 65.6 Å². The molecule has 270 valence electrons. The largest absolute Gasteiger partial charge is 0.494 e. The number of fused-ring (bicyclic) bond motifs is 3. The molecule has 0 radical (unpaired) electrons. The van der Waals surface area contributed by atoms with Crippen molar-refractivity contribution in [2.45, 2.75) is 51.1 Å². The zero-order chi connectivity index (χ0) is 35.5. The Balaban J connectivity index is 1.02. The number of hydrogen-bond donors (Lipinski definition) is 1. The van der Waals surface area contributed by atoms with Crippen LogP contribution in [0.1, 0.15) is 49.3 Å². The predicted octanol–water partition coefficient (Wildman–Crippen LogP) is 3.63. The van der Waals surface area contributed by atoms with Gasteiger partial charge in [0.2, 0.25) is 11.8 Å². The van der Waals surface area contributed by atoms with E-state index in [1.807, 2.05) is 40.9 Å². The maximum atomic E-state index is 14.0. The molecule has 1 saturated heterocycles. The molecule has 2 aromatic heterocycles. The van der Waals surface area contributed by atoms with Gasteiger partial charge < -0.3 is 34.2 Å². The number of benzene rings is 2. The number of amides is 2. The van der Waals surface area contributed by atoms with Gasteiger partial charge in [0.25, 0.3) is 0 Å². The lowest BCUT2D eigenvalue weighted by molar-refractivity contribution is -0.143. The Morgan fingerprint density at radius 3 is 2.47 bits per heavy atom. The smallest absolute Gasteiger partial charge is 0.237 e. The standard InChI is InChI=1S/C38H48N8O5/c1-5-51-29-8-6-7-26(19-29)24-46-36-30(22-42-46)35(40-25-41-36)43-15-17-44(18-16-43)37(48)27-9-12-38(13-10-27)31-21-33(50-4)32(49-3)20-28(31)11-14-45(38)34(47)23-39-2/h6-8,19-22,25,27,39H,5,9-18,23-24H2,1-4H3. The van der Waals surface area contributed by atoms with E-state index in [0.717, 1.165) is 65.8 Å². The Labute approximate surface area is 298 Å². The molecule has 2 amide bonds. The van der Waals surface area contributed by atoms with E-state index in [1.54, 1.807) is 27.6 Å². The lowest BCUT2D eigenvalue weighted by Crippen LogP contribution is -2.57. The topological polar surface area (TPSA) is 127 Å². The van der Waals surface area contributed by atoms with Crippen molar-refractivity contribution in [3.63, 3.8) is 0 Å². The quantitative estimate of drug-likeness (QED) is 0.263. The average molecular weight is 697 g/mol. The summed E-state index contributed by atoms with van der Waals surface area (Å²) in [6.07, 6.45) is 7.07. The molecular formula is C38H48N8O5. The van der Waals surface area contributed by atoms with Gasteiger partial charge in [-0.3, -0.25) is 9.59 Å². The van der Waals surface area contributed by atoms with Crippen LogP contribution in [-0.4, -0.2) is 109 Å². The van der Waals surface area contributed by atoms with Gasteiger partial charge in [-0.2, -0.15) is 5.10 Å². The molecule has 1 saturated carbocycles. The van der Waals surface area contributed by atoms with Crippen molar-refractivity contribution in [1.29, 1.82) is 0 Å². The minimum atomic E-state index is -0.481. The molecular weight excluding hydrogens is 648 g/mol. The van der Waals surface area contributed by atoms with Gasteiger partial charge >= 0.3 is 0 Å². The molecule has 1 aliphatic carbocycles. The molecule has 1 N–H and O–H groups in total. The summed E-state index contributed by atoms with van der Waals surface area (Å²) in [7, 11) is 5.09. The van der Waals surface area contributed by atoms with Crippen molar-refractivity contribution >= 4 is 28.7 Å². The van der Waals surface area contributed by atoms with Gasteiger partial charge in [-0.1, -0.05) is 12.1 Å². The van der Waals surface area contributed by atoms with Crippen molar-refractivity contribution in [2.24, 2.45) is 5.92 Å². The van der Waals surface area contributed by atoms with Crippen LogP contribution in [0.25, 0.3) is 11.0 Å². The first kappa shape index (κ1) is 34.5. The Morgan fingerprint density at radius 1 is 0.980 bits per heavy atom. The van der Waals surface area contributed by atoms with Crippen LogP contribution in [0.15, 0.2) is 48.9 Å². The molecule has 0 unspecified atom stereocenters. The first-order valence-electron chi connectivity index (χ1n) is 18.0. The van der Waals surface area contributed by atoms with E-state index in [9.17, 15) is 9.59 Å². The fraction of sp³-hybridized carbons (Fsp3) is 0.500. The zero-order valence-electron chi connectivity index (χ0n) is 30.1. The van der Waals surface area contributed by atoms with Gasteiger partial charge in [0, 0.05) is 38.6 Å². The number of carbonyl (C=O) groups excluding carboxylic acids is 2. The van der Waals surface area contributed by atoms with Crippen LogP contribution in [0.3, 0.4) is 0 Å². The van der Waals surface area contributed by atoms with Crippen LogP contribution in [0, 0.1) is 5.92 Å². The second-order valence-electron chi connectivity index (χ2n) is 13.6. The number of piperazine rings is 1. The van der Waals surface area contributed by atoms with Gasteiger partial charge in [-0.05, 0) is 87.0 Å². The average Bonchev–Trinajstić information content (AvgIpc) is 3.57. The minimum absolute atomic E-state index is 0.0824. The van der Waals surface area contributed by atoms with E-state index in [2.05, 4.69) is 48.4 Å². The number of carbonyl (C=O) groups is 2. The van der Waals surface area contributed by atoms with Crippen molar-refractivity contribution < 1.29 is 23.8 Å². The number of nitrogens with one attached hydrogen (secondary N) is 1. The number of methoxy groups -OCH3 is 2. The summed E-state index contributed by atoms with van der Waals surface area (Å²) >= 11 is 0. The predicted molar refractivity (Wildman–Crippen MR) is 193 cm³/mol. The summed E-state index contributed by atoms with van der Waals surface area (Å²) in [4.78, 5) is 43.0. The molecule has 2 fully saturated rings. The normalized spacial score (nSPS) is 20.4. The summed E-state index contributed by atoms with van der Waals surface area (Å²) in [5.74, 6) is 3.24.